The molecule has 27 heavy (non-hydrogen) atoms. The third kappa shape index (κ3) is 3.90. The van der Waals surface area contributed by atoms with Gasteiger partial charge in [0.25, 0.3) is 5.91 Å². The number of nitrogens with zero attached hydrogens (tertiary/aromatic N) is 2. The lowest BCUT2D eigenvalue weighted by atomic mass is 10.1. The highest BCUT2D eigenvalue weighted by Crippen LogP contribution is 2.22. The van der Waals surface area contributed by atoms with E-state index in [1.54, 1.807) is 36.4 Å². The summed E-state index contributed by atoms with van der Waals surface area (Å²) < 4.78 is 0. The SMILES string of the molecule is Cc1ccc(C(=O)CN(C(=O)c2ccccc2Cl)N2C(=O)CCC2=O)cc1. The third-order valence-corrected chi connectivity index (χ3v) is 4.60. The van der Waals surface area contributed by atoms with Gasteiger partial charge < -0.3 is 0 Å². The number of hydrogen-bond acceptors (Lipinski definition) is 4. The first-order valence-corrected chi connectivity index (χ1v) is 8.78. The number of ketones is 1. The van der Waals surface area contributed by atoms with Crippen molar-refractivity contribution in [3.63, 3.8) is 0 Å². The highest BCUT2D eigenvalue weighted by molar-refractivity contribution is 6.34. The largest absolute Gasteiger partial charge is 0.292 e. The summed E-state index contributed by atoms with van der Waals surface area (Å²) in [7, 11) is 0. The van der Waals surface area contributed by atoms with E-state index in [0.717, 1.165) is 15.6 Å². The fourth-order valence-electron chi connectivity index (χ4n) is 2.81. The van der Waals surface area contributed by atoms with Crippen LogP contribution >= 0.6 is 11.6 Å². The second-order valence-electron chi connectivity index (χ2n) is 6.23. The predicted octanol–water partition coefficient (Wildman–Crippen LogP) is 3.04. The van der Waals surface area contributed by atoms with Gasteiger partial charge in [-0.15, -0.1) is 0 Å². The molecule has 0 aliphatic carbocycles. The van der Waals surface area contributed by atoms with E-state index < -0.39 is 24.3 Å². The molecule has 2 aromatic rings. The molecular formula is C20H17ClN2O4. The zero-order chi connectivity index (χ0) is 19.6. The Balaban J connectivity index is 1.95. The average Bonchev–Trinajstić information content (AvgIpc) is 2.98. The van der Waals surface area contributed by atoms with E-state index in [9.17, 15) is 19.2 Å². The summed E-state index contributed by atoms with van der Waals surface area (Å²) in [5, 5.41) is 1.83. The molecule has 0 bridgehead atoms. The van der Waals surface area contributed by atoms with Gasteiger partial charge in [0.15, 0.2) is 5.78 Å². The number of rotatable bonds is 5. The molecule has 2 aromatic carbocycles. The molecule has 0 unspecified atom stereocenters. The van der Waals surface area contributed by atoms with Gasteiger partial charge in [-0.3, -0.25) is 19.2 Å². The Hall–Kier alpha value is -2.99. The van der Waals surface area contributed by atoms with Crippen LogP contribution < -0.4 is 0 Å². The van der Waals surface area contributed by atoms with Crippen LogP contribution in [0.4, 0.5) is 0 Å². The third-order valence-electron chi connectivity index (χ3n) is 4.27. The summed E-state index contributed by atoms with van der Waals surface area (Å²) in [4.78, 5) is 50.0. The molecular weight excluding hydrogens is 368 g/mol. The highest BCUT2D eigenvalue weighted by Gasteiger charge is 2.38. The molecule has 1 aliphatic rings. The molecule has 1 heterocycles. The maximum absolute atomic E-state index is 13.0. The van der Waals surface area contributed by atoms with E-state index in [2.05, 4.69) is 0 Å². The Bertz CT molecular complexity index is 908. The number of halogens is 1. The normalized spacial score (nSPS) is 13.8. The van der Waals surface area contributed by atoms with Crippen molar-refractivity contribution in [2.75, 3.05) is 6.54 Å². The summed E-state index contributed by atoms with van der Waals surface area (Å²) in [6.45, 7) is 1.45. The molecule has 0 radical (unpaired) electrons. The molecule has 0 N–H and O–H groups in total. The van der Waals surface area contributed by atoms with Crippen molar-refractivity contribution < 1.29 is 19.2 Å². The van der Waals surface area contributed by atoms with E-state index in [1.807, 2.05) is 6.92 Å². The first kappa shape index (κ1) is 18.8. The van der Waals surface area contributed by atoms with Crippen molar-refractivity contribution in [1.82, 2.24) is 10.0 Å². The molecule has 3 amide bonds. The summed E-state index contributed by atoms with van der Waals surface area (Å²) in [5.41, 5.74) is 1.49. The minimum Gasteiger partial charge on any atom is -0.292 e. The molecule has 0 aromatic heterocycles. The molecule has 1 saturated heterocycles. The minimum absolute atomic E-state index is 0.00383. The Kier molecular flexibility index (Phi) is 5.37. The second-order valence-corrected chi connectivity index (χ2v) is 6.64. The standard InChI is InChI=1S/C20H17ClN2O4/c1-13-6-8-14(9-7-13)17(24)12-22(23-18(25)10-11-19(23)26)20(27)15-4-2-3-5-16(15)21/h2-9H,10-12H2,1H3. The van der Waals surface area contributed by atoms with Gasteiger partial charge in [0.2, 0.25) is 11.8 Å². The summed E-state index contributed by atoms with van der Waals surface area (Å²) in [5.74, 6) is -2.10. The number of amides is 3. The van der Waals surface area contributed by atoms with Crippen molar-refractivity contribution in [3.8, 4) is 0 Å². The zero-order valence-corrected chi connectivity index (χ0v) is 15.4. The lowest BCUT2D eigenvalue weighted by Gasteiger charge is -2.29. The van der Waals surface area contributed by atoms with E-state index in [1.165, 1.54) is 12.1 Å². The van der Waals surface area contributed by atoms with Crippen LogP contribution in [0.25, 0.3) is 0 Å². The minimum atomic E-state index is -0.676. The lowest BCUT2D eigenvalue weighted by molar-refractivity contribution is -0.152. The van der Waals surface area contributed by atoms with E-state index in [4.69, 9.17) is 11.6 Å². The molecule has 0 spiro atoms. The summed E-state index contributed by atoms with van der Waals surface area (Å²) in [6.07, 6.45) is 0.00765. The number of aryl methyl sites for hydroxylation is 1. The van der Waals surface area contributed by atoms with Gasteiger partial charge in [0.1, 0.15) is 6.54 Å². The molecule has 1 aliphatic heterocycles. The van der Waals surface area contributed by atoms with Crippen molar-refractivity contribution in [3.05, 3.63) is 70.2 Å². The van der Waals surface area contributed by atoms with Crippen LogP contribution in [0.1, 0.15) is 39.1 Å². The van der Waals surface area contributed by atoms with E-state index in [-0.39, 0.29) is 29.2 Å². The Morgan fingerprint density at radius 2 is 1.59 bits per heavy atom. The summed E-state index contributed by atoms with van der Waals surface area (Å²) >= 11 is 6.09. The van der Waals surface area contributed by atoms with Gasteiger partial charge in [0.05, 0.1) is 10.6 Å². The van der Waals surface area contributed by atoms with Crippen LogP contribution in [0.5, 0.6) is 0 Å². The molecule has 3 rings (SSSR count). The second kappa shape index (κ2) is 7.72. The number of imide groups is 1. The van der Waals surface area contributed by atoms with Gasteiger partial charge in [-0.25, -0.2) is 5.01 Å². The van der Waals surface area contributed by atoms with Crippen LogP contribution in [-0.4, -0.2) is 40.1 Å². The van der Waals surface area contributed by atoms with Crippen LogP contribution in [0.3, 0.4) is 0 Å². The number of hydrazine groups is 1. The number of carbonyl (C=O) groups is 4. The van der Waals surface area contributed by atoms with Gasteiger partial charge in [0, 0.05) is 18.4 Å². The van der Waals surface area contributed by atoms with Gasteiger partial charge in [-0.1, -0.05) is 53.6 Å². The fourth-order valence-corrected chi connectivity index (χ4v) is 3.02. The molecule has 0 saturated carbocycles. The van der Waals surface area contributed by atoms with Crippen molar-refractivity contribution >= 4 is 35.1 Å². The highest BCUT2D eigenvalue weighted by atomic mass is 35.5. The Morgan fingerprint density at radius 1 is 1.00 bits per heavy atom. The number of hydrogen-bond donors (Lipinski definition) is 0. The number of Topliss-reactive ketones (excluding diaryl/α,β-unsaturated/α-hetero) is 1. The van der Waals surface area contributed by atoms with Gasteiger partial charge in [-0.05, 0) is 19.1 Å². The summed E-state index contributed by atoms with van der Waals surface area (Å²) in [6, 6.07) is 13.1. The van der Waals surface area contributed by atoms with Crippen molar-refractivity contribution in [2.45, 2.75) is 19.8 Å². The smallest absolute Gasteiger partial charge is 0.274 e. The quantitative estimate of drug-likeness (QED) is 0.586. The maximum atomic E-state index is 13.0. The molecule has 0 atom stereocenters. The van der Waals surface area contributed by atoms with Crippen molar-refractivity contribution in [1.29, 1.82) is 0 Å². The first-order valence-electron chi connectivity index (χ1n) is 8.40. The molecule has 1 fully saturated rings. The topological polar surface area (TPSA) is 74.8 Å². The maximum Gasteiger partial charge on any atom is 0.274 e. The zero-order valence-electron chi connectivity index (χ0n) is 14.6. The van der Waals surface area contributed by atoms with Crippen LogP contribution in [0.2, 0.25) is 5.02 Å². The van der Waals surface area contributed by atoms with Crippen LogP contribution in [0.15, 0.2) is 48.5 Å². The lowest BCUT2D eigenvalue weighted by Crippen LogP contribution is -2.51. The van der Waals surface area contributed by atoms with Crippen molar-refractivity contribution in [2.24, 2.45) is 0 Å². The van der Waals surface area contributed by atoms with Gasteiger partial charge in [-0.2, -0.15) is 5.01 Å². The number of benzene rings is 2. The van der Waals surface area contributed by atoms with Crippen LogP contribution in [-0.2, 0) is 9.59 Å². The van der Waals surface area contributed by atoms with E-state index >= 15 is 0 Å². The number of carbonyl (C=O) groups excluding carboxylic acids is 4. The molecule has 7 heteroatoms. The van der Waals surface area contributed by atoms with E-state index in [0.29, 0.717) is 5.56 Å². The molecule has 138 valence electrons. The van der Waals surface area contributed by atoms with Crippen LogP contribution in [0, 0.1) is 6.92 Å². The average molecular weight is 385 g/mol. The first-order chi connectivity index (χ1) is 12.9. The predicted molar refractivity (Wildman–Crippen MR) is 99.1 cm³/mol. The fraction of sp³-hybridized carbons (Fsp3) is 0.200. The van der Waals surface area contributed by atoms with Gasteiger partial charge >= 0.3 is 0 Å². The Labute approximate surface area is 161 Å². The monoisotopic (exact) mass is 384 g/mol. The Morgan fingerprint density at radius 3 is 2.19 bits per heavy atom. The molecule has 6 nitrogen and oxygen atoms in total.